The Bertz CT molecular complexity index is 237. The van der Waals surface area contributed by atoms with Crippen LogP contribution in [0.4, 0.5) is 0 Å². The second-order valence-electron chi connectivity index (χ2n) is 3.72. The summed E-state index contributed by atoms with van der Waals surface area (Å²) in [5, 5.41) is -0.406. The molecule has 0 aromatic carbocycles. The zero-order valence-corrected chi connectivity index (χ0v) is 10.1. The highest BCUT2D eigenvalue weighted by molar-refractivity contribution is 7.90. The monoisotopic (exact) mass is 227 g/mol. The minimum absolute atomic E-state index is 0.172. The molecule has 1 N–H and O–H groups in total. The van der Waals surface area contributed by atoms with E-state index in [1.54, 1.807) is 13.8 Å². The van der Waals surface area contributed by atoms with E-state index in [4.69, 9.17) is 11.6 Å². The maximum absolute atomic E-state index is 11.4. The molecule has 1 atom stereocenters. The quantitative estimate of drug-likeness (QED) is 0.725. The third kappa shape index (κ3) is 4.29. The van der Waals surface area contributed by atoms with Crippen LogP contribution in [0.5, 0.6) is 0 Å². The largest absolute Gasteiger partial charge is 0.214 e. The molecule has 0 aliphatic carbocycles. The molecule has 0 aromatic rings. The molecule has 0 aliphatic heterocycles. The number of halogens is 1. The molecule has 0 saturated heterocycles. The van der Waals surface area contributed by atoms with Crippen molar-refractivity contribution in [2.75, 3.05) is 5.88 Å². The fraction of sp³-hybridized carbons (Fsp3) is 1.00. The topological polar surface area (TPSA) is 46.2 Å². The molecular weight excluding hydrogens is 210 g/mol. The van der Waals surface area contributed by atoms with Crippen LogP contribution in [0.2, 0.25) is 0 Å². The Hall–Kier alpha value is 0.200. The van der Waals surface area contributed by atoms with Gasteiger partial charge in [0.2, 0.25) is 10.0 Å². The van der Waals surface area contributed by atoms with E-state index in [1.807, 2.05) is 13.8 Å². The number of alkyl halides is 1. The van der Waals surface area contributed by atoms with Gasteiger partial charge in [-0.3, -0.25) is 0 Å². The summed E-state index contributed by atoms with van der Waals surface area (Å²) in [5.74, 6) is 0.523. The molecule has 0 heterocycles. The van der Waals surface area contributed by atoms with E-state index in [1.165, 1.54) is 0 Å². The highest BCUT2D eigenvalue weighted by atomic mass is 35.5. The summed E-state index contributed by atoms with van der Waals surface area (Å²) in [6.45, 7) is 7.17. The van der Waals surface area contributed by atoms with Crippen LogP contribution in [0.15, 0.2) is 0 Å². The van der Waals surface area contributed by atoms with Gasteiger partial charge in [0.05, 0.1) is 5.25 Å². The van der Waals surface area contributed by atoms with Gasteiger partial charge in [0, 0.05) is 11.9 Å². The zero-order chi connectivity index (χ0) is 10.6. The van der Waals surface area contributed by atoms with Crippen molar-refractivity contribution in [1.82, 2.24) is 4.72 Å². The van der Waals surface area contributed by atoms with Crippen LogP contribution < -0.4 is 4.72 Å². The first-order valence-corrected chi connectivity index (χ1v) is 6.46. The van der Waals surface area contributed by atoms with Crippen LogP contribution in [-0.2, 0) is 10.0 Å². The summed E-state index contributed by atoms with van der Waals surface area (Å²) in [6, 6.07) is -0.172. The highest BCUT2D eigenvalue weighted by Crippen LogP contribution is 2.07. The molecule has 0 bridgehead atoms. The number of sulfonamides is 1. The van der Waals surface area contributed by atoms with Crippen molar-refractivity contribution in [3.63, 3.8) is 0 Å². The van der Waals surface area contributed by atoms with E-state index < -0.39 is 15.3 Å². The minimum Gasteiger partial charge on any atom is -0.212 e. The van der Waals surface area contributed by atoms with Crippen LogP contribution in [0, 0.1) is 5.92 Å². The average molecular weight is 228 g/mol. The van der Waals surface area contributed by atoms with Gasteiger partial charge in [-0.2, -0.15) is 0 Å². The summed E-state index contributed by atoms with van der Waals surface area (Å²) < 4.78 is 25.5. The van der Waals surface area contributed by atoms with Gasteiger partial charge < -0.3 is 0 Å². The Morgan fingerprint density at radius 1 is 1.23 bits per heavy atom. The second kappa shape index (κ2) is 5.17. The number of nitrogens with one attached hydrogen (secondary N) is 1. The molecule has 0 aromatic heterocycles. The number of hydrogen-bond acceptors (Lipinski definition) is 2. The van der Waals surface area contributed by atoms with Gasteiger partial charge in [0.1, 0.15) is 0 Å². The zero-order valence-electron chi connectivity index (χ0n) is 8.54. The van der Waals surface area contributed by atoms with E-state index >= 15 is 0 Å². The SMILES string of the molecule is CC(C)C(CCl)NS(=O)(=O)C(C)C. The fourth-order valence-corrected chi connectivity index (χ4v) is 2.27. The summed E-state index contributed by atoms with van der Waals surface area (Å²) in [7, 11) is -3.19. The maximum atomic E-state index is 11.4. The minimum atomic E-state index is -3.19. The molecule has 13 heavy (non-hydrogen) atoms. The van der Waals surface area contributed by atoms with Gasteiger partial charge in [0.15, 0.2) is 0 Å². The molecule has 0 rings (SSSR count). The fourth-order valence-electron chi connectivity index (χ4n) is 0.693. The molecule has 0 spiro atoms. The lowest BCUT2D eigenvalue weighted by Crippen LogP contribution is -2.43. The predicted octanol–water partition coefficient (Wildman–Crippen LogP) is 1.58. The van der Waals surface area contributed by atoms with Crippen molar-refractivity contribution in [2.24, 2.45) is 5.92 Å². The van der Waals surface area contributed by atoms with Crippen molar-refractivity contribution < 1.29 is 8.42 Å². The molecule has 0 aliphatic rings. The molecule has 0 fully saturated rings. The van der Waals surface area contributed by atoms with Crippen molar-refractivity contribution in [3.05, 3.63) is 0 Å². The Morgan fingerprint density at radius 2 is 1.69 bits per heavy atom. The lowest BCUT2D eigenvalue weighted by Gasteiger charge is -2.20. The molecule has 3 nitrogen and oxygen atoms in total. The normalized spacial score (nSPS) is 15.3. The first-order valence-electron chi connectivity index (χ1n) is 4.38. The van der Waals surface area contributed by atoms with Crippen molar-refractivity contribution in [2.45, 2.75) is 39.0 Å². The molecule has 1 unspecified atom stereocenters. The van der Waals surface area contributed by atoms with E-state index in [2.05, 4.69) is 4.72 Å². The van der Waals surface area contributed by atoms with E-state index in [9.17, 15) is 8.42 Å². The summed E-state index contributed by atoms with van der Waals surface area (Å²) >= 11 is 5.65. The van der Waals surface area contributed by atoms with Crippen molar-refractivity contribution in [3.8, 4) is 0 Å². The van der Waals surface area contributed by atoms with E-state index in [0.717, 1.165) is 0 Å². The Balaban J connectivity index is 4.41. The van der Waals surface area contributed by atoms with E-state index in [0.29, 0.717) is 5.88 Å². The molecule has 80 valence electrons. The van der Waals surface area contributed by atoms with Crippen LogP contribution in [-0.4, -0.2) is 25.6 Å². The van der Waals surface area contributed by atoms with Gasteiger partial charge in [-0.25, -0.2) is 13.1 Å². The van der Waals surface area contributed by atoms with Gasteiger partial charge in [0.25, 0.3) is 0 Å². The first kappa shape index (κ1) is 13.2. The summed E-state index contributed by atoms with van der Waals surface area (Å²) in [5.41, 5.74) is 0. The Kier molecular flexibility index (Phi) is 5.25. The smallest absolute Gasteiger partial charge is 0.212 e. The third-order valence-electron chi connectivity index (χ3n) is 1.91. The van der Waals surface area contributed by atoms with Crippen LogP contribution in [0.1, 0.15) is 27.7 Å². The van der Waals surface area contributed by atoms with Crippen LogP contribution >= 0.6 is 11.6 Å². The van der Waals surface area contributed by atoms with Crippen LogP contribution in [0.25, 0.3) is 0 Å². The number of hydrogen-bond donors (Lipinski definition) is 1. The maximum Gasteiger partial charge on any atom is 0.214 e. The molecule has 5 heteroatoms. The second-order valence-corrected chi connectivity index (χ2v) is 6.29. The van der Waals surface area contributed by atoms with Gasteiger partial charge in [-0.05, 0) is 19.8 Å². The first-order chi connectivity index (χ1) is 5.81. The molecular formula is C8H18ClNO2S. The molecule has 0 saturated carbocycles. The van der Waals surface area contributed by atoms with Gasteiger partial charge in [-0.1, -0.05) is 13.8 Å². The van der Waals surface area contributed by atoms with Crippen molar-refractivity contribution in [1.29, 1.82) is 0 Å². The molecule has 0 amide bonds. The summed E-state index contributed by atoms with van der Waals surface area (Å²) in [4.78, 5) is 0. The standard InChI is InChI=1S/C8H18ClNO2S/c1-6(2)8(5-9)10-13(11,12)7(3)4/h6-8,10H,5H2,1-4H3. The lowest BCUT2D eigenvalue weighted by atomic mass is 10.1. The third-order valence-corrected chi connectivity index (χ3v) is 4.11. The van der Waals surface area contributed by atoms with Gasteiger partial charge in [-0.15, -0.1) is 11.6 Å². The average Bonchev–Trinajstić information content (AvgIpc) is 1.99. The van der Waals surface area contributed by atoms with Gasteiger partial charge >= 0.3 is 0 Å². The Labute approximate surface area is 85.9 Å². The lowest BCUT2D eigenvalue weighted by molar-refractivity contribution is 0.477. The highest BCUT2D eigenvalue weighted by Gasteiger charge is 2.22. The van der Waals surface area contributed by atoms with Crippen molar-refractivity contribution >= 4 is 21.6 Å². The number of rotatable bonds is 5. The summed E-state index contributed by atoms with van der Waals surface area (Å²) in [6.07, 6.45) is 0. The Morgan fingerprint density at radius 3 is 1.92 bits per heavy atom. The predicted molar refractivity (Wildman–Crippen MR) is 56.5 cm³/mol. The van der Waals surface area contributed by atoms with Crippen LogP contribution in [0.3, 0.4) is 0 Å². The molecule has 0 radical (unpaired) electrons. The van der Waals surface area contributed by atoms with E-state index in [-0.39, 0.29) is 12.0 Å².